The van der Waals surface area contributed by atoms with E-state index in [1.807, 2.05) is 0 Å². The molecule has 10 heteroatoms. The quantitative estimate of drug-likeness (QED) is 0.186. The summed E-state index contributed by atoms with van der Waals surface area (Å²) < 4.78 is 12.4. The SMILES string of the molecule is O=C(N[C@H]1CCCN(c2ccc(OC3CCCCC3)cc2)C1)C12CC3CC(C1)C(O)C(C3)C2.O=C(N[C@H]1CCCN(c2ccc(OC3CCCCC3)cc2)C1)C12CC3CC(C1)C(O)C(C3)C2. The number of rotatable bonds is 10. The first-order chi connectivity index (χ1) is 32.2. The van der Waals surface area contributed by atoms with Gasteiger partial charge in [0.05, 0.1) is 35.2 Å². The molecule has 2 amide bonds. The van der Waals surface area contributed by atoms with Crippen LogP contribution < -0.4 is 29.9 Å². The summed E-state index contributed by atoms with van der Waals surface area (Å²) >= 11 is 0. The van der Waals surface area contributed by atoms with E-state index in [0.717, 1.165) is 128 Å². The summed E-state index contributed by atoms with van der Waals surface area (Å²) in [7, 11) is 0. The second kappa shape index (κ2) is 19.1. The van der Waals surface area contributed by atoms with Gasteiger partial charge >= 0.3 is 0 Å². The normalized spacial score (nSPS) is 38.3. The van der Waals surface area contributed by atoms with Crippen LogP contribution in [0.15, 0.2) is 48.5 Å². The van der Waals surface area contributed by atoms with Crippen molar-refractivity contribution >= 4 is 23.2 Å². The fourth-order valence-electron chi connectivity index (χ4n) is 16.1. The predicted molar refractivity (Wildman–Crippen MR) is 259 cm³/mol. The van der Waals surface area contributed by atoms with Gasteiger partial charge in [0.15, 0.2) is 0 Å². The number of piperidine rings is 2. The van der Waals surface area contributed by atoms with Crippen molar-refractivity contribution in [1.82, 2.24) is 10.6 Å². The number of hydrogen-bond acceptors (Lipinski definition) is 8. The molecule has 0 aromatic heterocycles. The molecule has 12 fully saturated rings. The third-order valence-corrected chi connectivity index (χ3v) is 19.0. The summed E-state index contributed by atoms with van der Waals surface area (Å²) in [4.78, 5) is 31.9. The molecular weight excluding hydrogens is 825 g/mol. The van der Waals surface area contributed by atoms with Gasteiger partial charge in [0, 0.05) is 49.6 Å². The number of ether oxygens (including phenoxy) is 2. The fourth-order valence-corrected chi connectivity index (χ4v) is 16.1. The maximum atomic E-state index is 13.5. The smallest absolute Gasteiger partial charge is 0.226 e. The Bertz CT molecular complexity index is 1810. The predicted octanol–water partition coefficient (Wildman–Crippen LogP) is 9.34. The zero-order valence-electron chi connectivity index (χ0n) is 39.8. The minimum Gasteiger partial charge on any atom is -0.490 e. The van der Waals surface area contributed by atoms with Crippen LogP contribution in [-0.4, -0.2) is 84.7 Å². The van der Waals surface area contributed by atoms with Gasteiger partial charge in [0.25, 0.3) is 0 Å². The number of amides is 2. The molecule has 0 spiro atoms. The molecule has 10 nitrogen and oxygen atoms in total. The maximum absolute atomic E-state index is 13.5. The lowest BCUT2D eigenvalue weighted by molar-refractivity contribution is -0.164. The van der Waals surface area contributed by atoms with Crippen LogP contribution in [0.2, 0.25) is 0 Å². The van der Waals surface area contributed by atoms with Crippen molar-refractivity contribution < 1.29 is 29.3 Å². The van der Waals surface area contributed by atoms with Crippen LogP contribution in [-0.2, 0) is 9.59 Å². The molecule has 2 aliphatic heterocycles. The molecule has 2 heterocycles. The van der Waals surface area contributed by atoms with E-state index in [4.69, 9.17) is 9.47 Å². The topological polar surface area (TPSA) is 124 Å². The number of anilines is 2. The molecule has 8 bridgehead atoms. The molecule has 10 aliphatic carbocycles. The third kappa shape index (κ3) is 9.46. The number of carbonyl (C=O) groups is 2. The minimum absolute atomic E-state index is 0.169. The number of aliphatic hydroxyl groups is 2. The van der Waals surface area contributed by atoms with E-state index in [2.05, 4.69) is 69.0 Å². The standard InChI is InChI=1S/2C28H40N2O3/c2*31-26-20-13-19-14-21(26)17-28(15-19,16-20)27(32)29-22-5-4-12-30(18-22)23-8-10-25(11-9-23)33-24-6-2-1-3-7-24/h2*8-11,19-22,24,26,31H,1-7,12-18H2,(H,29,32)/t2*19?,20?,21?,22-,26?,28?/m00/s1. The molecule has 4 unspecified atom stereocenters. The van der Waals surface area contributed by atoms with Crippen molar-refractivity contribution in [3.63, 3.8) is 0 Å². The van der Waals surface area contributed by atoms with E-state index < -0.39 is 0 Å². The Morgan fingerprint density at radius 2 is 0.848 bits per heavy atom. The minimum atomic E-state index is -0.212. The highest BCUT2D eigenvalue weighted by Crippen LogP contribution is 2.61. The van der Waals surface area contributed by atoms with Crippen LogP contribution in [0.4, 0.5) is 11.4 Å². The number of aliphatic hydroxyl groups excluding tert-OH is 2. The van der Waals surface area contributed by atoms with Crippen LogP contribution in [0.1, 0.15) is 154 Å². The second-order valence-corrected chi connectivity index (χ2v) is 23.7. The highest BCUT2D eigenvalue weighted by atomic mass is 16.5. The molecule has 14 rings (SSSR count). The van der Waals surface area contributed by atoms with Gasteiger partial charge in [-0.15, -0.1) is 0 Å². The second-order valence-electron chi connectivity index (χ2n) is 23.7. The van der Waals surface area contributed by atoms with Gasteiger partial charge in [-0.1, -0.05) is 12.8 Å². The van der Waals surface area contributed by atoms with Crippen molar-refractivity contribution in [3.8, 4) is 11.5 Å². The van der Waals surface area contributed by atoms with Crippen LogP contribution >= 0.6 is 0 Å². The Labute approximate surface area is 394 Å². The van der Waals surface area contributed by atoms with Crippen LogP contribution in [0.25, 0.3) is 0 Å². The molecule has 66 heavy (non-hydrogen) atoms. The summed E-state index contributed by atoms with van der Waals surface area (Å²) in [5, 5.41) is 28.1. The van der Waals surface area contributed by atoms with Crippen LogP contribution in [0.5, 0.6) is 11.5 Å². The first-order valence-corrected chi connectivity index (χ1v) is 27.2. The van der Waals surface area contributed by atoms with E-state index in [1.165, 1.54) is 75.6 Å². The summed E-state index contributed by atoms with van der Waals surface area (Å²) in [5.74, 6) is 5.20. The number of nitrogens with one attached hydrogen (secondary N) is 2. The van der Waals surface area contributed by atoms with E-state index in [0.29, 0.717) is 47.7 Å². The largest absolute Gasteiger partial charge is 0.490 e. The molecule has 360 valence electrons. The van der Waals surface area contributed by atoms with Gasteiger partial charge in [0.1, 0.15) is 11.5 Å². The Balaban J connectivity index is 0.000000146. The average molecular weight is 905 g/mol. The highest BCUT2D eigenvalue weighted by molar-refractivity contribution is 5.84. The lowest BCUT2D eigenvalue weighted by Gasteiger charge is -2.58. The molecular formula is C56H80N4O6. The number of benzene rings is 2. The lowest BCUT2D eigenvalue weighted by Crippen LogP contribution is -2.60. The van der Waals surface area contributed by atoms with Crippen molar-refractivity contribution in [2.75, 3.05) is 36.0 Å². The van der Waals surface area contributed by atoms with Crippen LogP contribution in [0, 0.1) is 46.3 Å². The first-order valence-electron chi connectivity index (χ1n) is 27.2. The van der Waals surface area contributed by atoms with Gasteiger partial charge in [0.2, 0.25) is 11.8 Å². The summed E-state index contributed by atoms with van der Waals surface area (Å²) in [6.07, 6.45) is 27.5. The molecule has 10 saturated carbocycles. The van der Waals surface area contributed by atoms with Gasteiger partial charge in [-0.3, -0.25) is 9.59 Å². The van der Waals surface area contributed by atoms with E-state index in [1.54, 1.807) is 0 Å². The highest BCUT2D eigenvalue weighted by Gasteiger charge is 2.59. The van der Waals surface area contributed by atoms with Crippen molar-refractivity contribution in [2.24, 2.45) is 46.3 Å². The van der Waals surface area contributed by atoms with Gasteiger partial charge in [-0.25, -0.2) is 0 Å². The Hall–Kier alpha value is -3.50. The third-order valence-electron chi connectivity index (χ3n) is 19.0. The first kappa shape index (κ1) is 45.0. The van der Waals surface area contributed by atoms with E-state index in [-0.39, 0.29) is 46.9 Å². The molecule has 12 aliphatic rings. The van der Waals surface area contributed by atoms with Crippen LogP contribution in [0.3, 0.4) is 0 Å². The molecule has 2 saturated heterocycles. The monoisotopic (exact) mass is 905 g/mol. The van der Waals surface area contributed by atoms with E-state index in [9.17, 15) is 19.8 Å². The summed E-state index contributed by atoms with van der Waals surface area (Å²) in [6.45, 7) is 3.84. The molecule has 0 radical (unpaired) electrons. The number of carbonyl (C=O) groups excluding carboxylic acids is 2. The molecule has 6 atom stereocenters. The van der Waals surface area contributed by atoms with Gasteiger partial charge < -0.3 is 40.1 Å². The molecule has 4 N–H and O–H groups in total. The Morgan fingerprint density at radius 3 is 1.21 bits per heavy atom. The van der Waals surface area contributed by atoms with Gasteiger partial charge in [-0.05, 0) is 225 Å². The average Bonchev–Trinajstić information content (AvgIpc) is 3.33. The fraction of sp³-hybridized carbons (Fsp3) is 0.750. The Morgan fingerprint density at radius 1 is 0.485 bits per heavy atom. The number of hydrogen-bond donors (Lipinski definition) is 4. The van der Waals surface area contributed by atoms with Crippen molar-refractivity contribution in [3.05, 3.63) is 48.5 Å². The molecule has 2 aromatic carbocycles. The zero-order valence-corrected chi connectivity index (χ0v) is 39.8. The zero-order chi connectivity index (χ0) is 44.8. The number of nitrogens with zero attached hydrogens (tertiary/aromatic N) is 2. The summed E-state index contributed by atoms with van der Waals surface area (Å²) in [5.41, 5.74) is 2.03. The van der Waals surface area contributed by atoms with Gasteiger partial charge in [-0.2, -0.15) is 0 Å². The Kier molecular flexibility index (Phi) is 13.0. The lowest BCUT2D eigenvalue weighted by atomic mass is 9.48. The molecule has 2 aromatic rings. The maximum Gasteiger partial charge on any atom is 0.226 e. The summed E-state index contributed by atoms with van der Waals surface area (Å²) in [6, 6.07) is 17.6. The van der Waals surface area contributed by atoms with Crippen molar-refractivity contribution in [1.29, 1.82) is 0 Å². The van der Waals surface area contributed by atoms with Crippen molar-refractivity contribution in [2.45, 2.75) is 191 Å². The van der Waals surface area contributed by atoms with E-state index >= 15 is 0 Å².